The van der Waals surface area contributed by atoms with Crippen LogP contribution in [0, 0.1) is 0 Å². The molecule has 0 saturated heterocycles. The first-order valence-corrected chi connectivity index (χ1v) is 10.5. The molecule has 0 saturated carbocycles. The van der Waals surface area contributed by atoms with Gasteiger partial charge in [-0.15, -0.1) is 0 Å². The summed E-state index contributed by atoms with van der Waals surface area (Å²) in [6, 6.07) is 14.7. The lowest BCUT2D eigenvalue weighted by Gasteiger charge is -2.06. The topological polar surface area (TPSA) is 85.1 Å². The molecule has 0 amide bonds. The highest BCUT2D eigenvalue weighted by molar-refractivity contribution is 7.88. The van der Waals surface area contributed by atoms with Gasteiger partial charge in [0.15, 0.2) is 0 Å². The van der Waals surface area contributed by atoms with Gasteiger partial charge in [0.2, 0.25) is 21.7 Å². The summed E-state index contributed by atoms with van der Waals surface area (Å²) in [5.41, 5.74) is 2.56. The molecule has 0 spiro atoms. The molecule has 1 N–H and O–H groups in total. The van der Waals surface area contributed by atoms with E-state index in [-0.39, 0.29) is 18.2 Å². The summed E-state index contributed by atoms with van der Waals surface area (Å²) in [5.74, 6) is 0.836. The second-order valence-electron chi connectivity index (χ2n) is 6.46. The molecule has 3 rings (SSSR count). The van der Waals surface area contributed by atoms with E-state index in [1.165, 1.54) is 5.56 Å². The molecule has 8 heteroatoms. The van der Waals surface area contributed by atoms with Crippen molar-refractivity contribution in [2.45, 2.75) is 32.1 Å². The van der Waals surface area contributed by atoms with Crippen LogP contribution >= 0.6 is 11.6 Å². The molecule has 1 aromatic heterocycles. The number of hydrogen-bond donors (Lipinski definition) is 1. The highest BCUT2D eigenvalue weighted by Crippen LogP contribution is 2.21. The minimum Gasteiger partial charge on any atom is -0.338 e. The fourth-order valence-electron chi connectivity index (χ4n) is 2.50. The van der Waals surface area contributed by atoms with E-state index in [0.29, 0.717) is 22.3 Å². The normalized spacial score (nSPS) is 11.9. The highest BCUT2D eigenvalue weighted by Gasteiger charge is 2.16. The molecule has 3 aromatic rings. The van der Waals surface area contributed by atoms with Crippen molar-refractivity contribution in [2.24, 2.45) is 0 Å². The van der Waals surface area contributed by atoms with E-state index in [0.717, 1.165) is 5.56 Å². The van der Waals surface area contributed by atoms with Crippen LogP contribution in [0.25, 0.3) is 11.4 Å². The van der Waals surface area contributed by atoms with E-state index in [1.54, 1.807) is 24.3 Å². The second kappa shape index (κ2) is 8.21. The average molecular weight is 406 g/mol. The van der Waals surface area contributed by atoms with Crippen LogP contribution < -0.4 is 4.72 Å². The van der Waals surface area contributed by atoms with Crippen LogP contribution in [0.5, 0.6) is 0 Å². The first kappa shape index (κ1) is 19.5. The van der Waals surface area contributed by atoms with E-state index in [1.807, 2.05) is 24.3 Å². The number of rotatable bonds is 7. The smallest absolute Gasteiger partial charge is 0.242 e. The first-order valence-electron chi connectivity index (χ1n) is 8.48. The van der Waals surface area contributed by atoms with Crippen LogP contribution in [0.1, 0.15) is 36.8 Å². The van der Waals surface area contributed by atoms with E-state index < -0.39 is 10.0 Å². The van der Waals surface area contributed by atoms with Gasteiger partial charge in [0.25, 0.3) is 0 Å². The van der Waals surface area contributed by atoms with E-state index >= 15 is 0 Å². The lowest BCUT2D eigenvalue weighted by atomic mass is 10.0. The Morgan fingerprint density at radius 3 is 2.48 bits per heavy atom. The summed E-state index contributed by atoms with van der Waals surface area (Å²) >= 11 is 6.02. The van der Waals surface area contributed by atoms with Crippen molar-refractivity contribution < 1.29 is 12.9 Å². The Morgan fingerprint density at radius 2 is 1.81 bits per heavy atom. The summed E-state index contributed by atoms with van der Waals surface area (Å²) < 4.78 is 32.1. The van der Waals surface area contributed by atoms with Crippen molar-refractivity contribution in [1.29, 1.82) is 0 Å². The second-order valence-corrected chi connectivity index (χ2v) is 8.67. The minimum atomic E-state index is -3.59. The van der Waals surface area contributed by atoms with Crippen molar-refractivity contribution in [3.8, 4) is 11.4 Å². The van der Waals surface area contributed by atoms with Crippen LogP contribution in [0.15, 0.2) is 53.1 Å². The van der Waals surface area contributed by atoms with Gasteiger partial charge in [-0.1, -0.05) is 73.1 Å². The molecule has 0 radical (unpaired) electrons. The van der Waals surface area contributed by atoms with E-state index in [4.69, 9.17) is 16.1 Å². The quantitative estimate of drug-likeness (QED) is 0.638. The number of benzene rings is 2. The first-order chi connectivity index (χ1) is 12.8. The lowest BCUT2D eigenvalue weighted by Crippen LogP contribution is -2.25. The molecular formula is C19H20ClN3O3S. The Morgan fingerprint density at radius 1 is 1.11 bits per heavy atom. The molecule has 2 aromatic carbocycles. The van der Waals surface area contributed by atoms with Gasteiger partial charge in [0.05, 0.1) is 12.3 Å². The Hall–Kier alpha value is -2.22. The maximum atomic E-state index is 12.2. The van der Waals surface area contributed by atoms with Gasteiger partial charge in [-0.25, -0.2) is 13.1 Å². The lowest BCUT2D eigenvalue weighted by molar-refractivity contribution is 0.376. The molecule has 0 atom stereocenters. The number of nitrogens with one attached hydrogen (secondary N) is 1. The van der Waals surface area contributed by atoms with Gasteiger partial charge in [-0.2, -0.15) is 4.98 Å². The van der Waals surface area contributed by atoms with Crippen LogP contribution in [0.4, 0.5) is 0 Å². The summed E-state index contributed by atoms with van der Waals surface area (Å²) in [7, 11) is -3.59. The summed E-state index contributed by atoms with van der Waals surface area (Å²) in [6.07, 6.45) is 0. The molecule has 0 aliphatic heterocycles. The van der Waals surface area contributed by atoms with Crippen molar-refractivity contribution in [1.82, 2.24) is 14.9 Å². The van der Waals surface area contributed by atoms with Crippen molar-refractivity contribution in [2.75, 3.05) is 0 Å². The number of hydrogen-bond acceptors (Lipinski definition) is 5. The van der Waals surface area contributed by atoms with Crippen molar-refractivity contribution in [3.05, 3.63) is 70.6 Å². The van der Waals surface area contributed by atoms with Crippen LogP contribution in [-0.2, 0) is 22.3 Å². The van der Waals surface area contributed by atoms with Gasteiger partial charge in [0, 0.05) is 10.6 Å². The summed E-state index contributed by atoms with van der Waals surface area (Å²) in [5, 5.41) is 4.33. The fourth-order valence-corrected chi connectivity index (χ4v) is 3.89. The maximum Gasteiger partial charge on any atom is 0.242 e. The molecule has 0 aliphatic rings. The number of aromatic nitrogens is 2. The number of nitrogens with zero attached hydrogens (tertiary/aromatic N) is 2. The molecule has 6 nitrogen and oxygen atoms in total. The third-order valence-electron chi connectivity index (χ3n) is 4.05. The molecule has 0 aliphatic carbocycles. The van der Waals surface area contributed by atoms with Crippen molar-refractivity contribution >= 4 is 21.6 Å². The third-order valence-corrected chi connectivity index (χ3v) is 5.69. The largest absolute Gasteiger partial charge is 0.338 e. The SMILES string of the molecule is CC(C)c1ccc(-c2noc(CNS(=O)(=O)Cc3ccccc3Cl)n2)cc1. The Bertz CT molecular complexity index is 1010. The van der Waals surface area contributed by atoms with E-state index in [9.17, 15) is 8.42 Å². The highest BCUT2D eigenvalue weighted by atomic mass is 35.5. The van der Waals surface area contributed by atoms with Crippen LogP contribution in [-0.4, -0.2) is 18.6 Å². The molecule has 142 valence electrons. The Kier molecular flexibility index (Phi) is 5.94. The Balaban J connectivity index is 1.64. The predicted molar refractivity (Wildman–Crippen MR) is 105 cm³/mol. The van der Waals surface area contributed by atoms with Crippen molar-refractivity contribution in [3.63, 3.8) is 0 Å². The minimum absolute atomic E-state index is 0.0795. The van der Waals surface area contributed by atoms with E-state index in [2.05, 4.69) is 28.7 Å². The van der Waals surface area contributed by atoms with Crippen LogP contribution in [0.2, 0.25) is 5.02 Å². The van der Waals surface area contributed by atoms with Gasteiger partial charge < -0.3 is 4.52 Å². The molecule has 27 heavy (non-hydrogen) atoms. The zero-order valence-electron chi connectivity index (χ0n) is 15.0. The maximum absolute atomic E-state index is 12.2. The molecule has 0 unspecified atom stereocenters. The molecule has 0 fully saturated rings. The summed E-state index contributed by atoms with van der Waals surface area (Å²) in [6.45, 7) is 4.16. The van der Waals surface area contributed by atoms with Gasteiger partial charge in [0.1, 0.15) is 0 Å². The van der Waals surface area contributed by atoms with Gasteiger partial charge >= 0.3 is 0 Å². The average Bonchev–Trinajstić information content (AvgIpc) is 3.11. The molecule has 0 bridgehead atoms. The summed E-state index contributed by atoms with van der Waals surface area (Å²) in [4.78, 5) is 4.25. The number of sulfonamides is 1. The number of halogens is 1. The predicted octanol–water partition coefficient (Wildman–Crippen LogP) is 4.13. The van der Waals surface area contributed by atoms with Crippen LogP contribution in [0.3, 0.4) is 0 Å². The fraction of sp³-hybridized carbons (Fsp3) is 0.263. The molecular weight excluding hydrogens is 386 g/mol. The monoisotopic (exact) mass is 405 g/mol. The van der Waals surface area contributed by atoms with Gasteiger partial charge in [-0.05, 0) is 23.1 Å². The third kappa shape index (κ3) is 5.15. The Labute approximate surface area is 163 Å². The zero-order chi connectivity index (χ0) is 19.4. The van der Waals surface area contributed by atoms with Gasteiger partial charge in [-0.3, -0.25) is 0 Å². The zero-order valence-corrected chi connectivity index (χ0v) is 16.6. The molecule has 1 heterocycles. The standard InChI is InChI=1S/C19H20ClN3O3S/c1-13(2)14-7-9-15(10-8-14)19-22-18(26-23-19)11-21-27(24,25)12-16-5-3-4-6-17(16)20/h3-10,13,21H,11-12H2,1-2H3.